The molecule has 1 aromatic rings. The van der Waals surface area contributed by atoms with E-state index < -0.39 is 6.04 Å². The number of methoxy groups -OCH3 is 2. The lowest BCUT2D eigenvalue weighted by Gasteiger charge is -2.15. The summed E-state index contributed by atoms with van der Waals surface area (Å²) in [4.78, 5) is 11.6. The van der Waals surface area contributed by atoms with Gasteiger partial charge in [-0.3, -0.25) is 4.79 Å². The number of benzene rings is 1. The predicted molar refractivity (Wildman–Crippen MR) is 70.9 cm³/mol. The van der Waals surface area contributed by atoms with Crippen LogP contribution in [-0.2, 0) is 4.79 Å². The molecule has 0 radical (unpaired) electrons. The van der Waals surface area contributed by atoms with Gasteiger partial charge in [0.05, 0.1) is 20.3 Å². The summed E-state index contributed by atoms with van der Waals surface area (Å²) in [6.07, 6.45) is 0. The number of hydrogen-bond acceptors (Lipinski definition) is 4. The zero-order valence-corrected chi connectivity index (χ0v) is 11.6. The maximum absolute atomic E-state index is 11.6. The molecule has 0 fully saturated rings. The summed E-state index contributed by atoms with van der Waals surface area (Å²) < 4.78 is 10.3. The number of amides is 1. The van der Waals surface area contributed by atoms with E-state index in [0.717, 1.165) is 0 Å². The Balaban J connectivity index is 3.00. The van der Waals surface area contributed by atoms with Crippen molar-refractivity contribution in [2.75, 3.05) is 14.2 Å². The SMILES string of the molecule is COc1ccc(C(C#N)NC(=O)C(C)C)cc1OC. The topological polar surface area (TPSA) is 71.3 Å². The first-order valence-electron chi connectivity index (χ1n) is 5.95. The molecular weight excluding hydrogens is 244 g/mol. The smallest absolute Gasteiger partial charge is 0.223 e. The molecule has 5 nitrogen and oxygen atoms in total. The molecule has 1 atom stereocenters. The Morgan fingerprint density at radius 2 is 1.89 bits per heavy atom. The van der Waals surface area contributed by atoms with Crippen molar-refractivity contribution in [1.29, 1.82) is 5.26 Å². The van der Waals surface area contributed by atoms with Crippen LogP contribution in [0.3, 0.4) is 0 Å². The largest absolute Gasteiger partial charge is 0.493 e. The molecular formula is C14H18N2O3. The third-order valence-corrected chi connectivity index (χ3v) is 2.68. The second-order valence-electron chi connectivity index (χ2n) is 4.34. The molecule has 0 heterocycles. The Hall–Kier alpha value is -2.22. The van der Waals surface area contributed by atoms with Gasteiger partial charge in [0.2, 0.25) is 5.91 Å². The molecule has 5 heteroatoms. The van der Waals surface area contributed by atoms with Gasteiger partial charge in [0, 0.05) is 5.92 Å². The highest BCUT2D eigenvalue weighted by Gasteiger charge is 2.17. The zero-order chi connectivity index (χ0) is 14.4. The minimum absolute atomic E-state index is 0.165. The van der Waals surface area contributed by atoms with Gasteiger partial charge in [-0.1, -0.05) is 19.9 Å². The number of carbonyl (C=O) groups excluding carboxylic acids is 1. The normalized spacial score (nSPS) is 11.6. The predicted octanol–water partition coefficient (Wildman–Crippen LogP) is 2.04. The van der Waals surface area contributed by atoms with Crippen molar-refractivity contribution in [2.24, 2.45) is 5.92 Å². The molecule has 0 aliphatic heterocycles. The van der Waals surface area contributed by atoms with Gasteiger partial charge in [-0.05, 0) is 17.7 Å². The first kappa shape index (κ1) is 14.8. The zero-order valence-electron chi connectivity index (χ0n) is 11.6. The summed E-state index contributed by atoms with van der Waals surface area (Å²) in [6.45, 7) is 3.55. The molecule has 0 aliphatic rings. The van der Waals surface area contributed by atoms with Crippen LogP contribution in [-0.4, -0.2) is 20.1 Å². The van der Waals surface area contributed by atoms with Gasteiger partial charge in [-0.2, -0.15) is 5.26 Å². The van der Waals surface area contributed by atoms with E-state index in [1.54, 1.807) is 39.2 Å². The number of hydrogen-bond donors (Lipinski definition) is 1. The van der Waals surface area contributed by atoms with E-state index in [1.165, 1.54) is 7.11 Å². The van der Waals surface area contributed by atoms with Crippen molar-refractivity contribution in [3.05, 3.63) is 23.8 Å². The lowest BCUT2D eigenvalue weighted by atomic mass is 10.1. The van der Waals surface area contributed by atoms with E-state index in [0.29, 0.717) is 17.1 Å². The summed E-state index contributed by atoms with van der Waals surface area (Å²) in [5.74, 6) is 0.773. The fraction of sp³-hybridized carbons (Fsp3) is 0.429. The molecule has 0 spiro atoms. The van der Waals surface area contributed by atoms with E-state index in [2.05, 4.69) is 11.4 Å². The summed E-state index contributed by atoms with van der Waals surface area (Å²) in [6, 6.07) is 6.49. The minimum Gasteiger partial charge on any atom is -0.493 e. The second-order valence-corrected chi connectivity index (χ2v) is 4.34. The van der Waals surface area contributed by atoms with Gasteiger partial charge in [0.15, 0.2) is 11.5 Å². The van der Waals surface area contributed by atoms with Crippen LogP contribution in [0.4, 0.5) is 0 Å². The van der Waals surface area contributed by atoms with Gasteiger partial charge >= 0.3 is 0 Å². The maximum Gasteiger partial charge on any atom is 0.223 e. The molecule has 1 aromatic carbocycles. The number of rotatable bonds is 5. The van der Waals surface area contributed by atoms with Crippen LogP contribution >= 0.6 is 0 Å². The molecule has 102 valence electrons. The molecule has 0 aliphatic carbocycles. The van der Waals surface area contributed by atoms with Crippen LogP contribution in [0.25, 0.3) is 0 Å². The minimum atomic E-state index is -0.699. The van der Waals surface area contributed by atoms with E-state index in [1.807, 2.05) is 0 Å². The molecule has 1 unspecified atom stereocenters. The lowest BCUT2D eigenvalue weighted by Crippen LogP contribution is -2.31. The molecule has 0 bridgehead atoms. The average Bonchev–Trinajstić information content (AvgIpc) is 2.43. The standard InChI is InChI=1S/C14H18N2O3/c1-9(2)14(17)16-11(8-15)10-5-6-12(18-3)13(7-10)19-4/h5-7,9,11H,1-4H3,(H,16,17). The molecule has 19 heavy (non-hydrogen) atoms. The van der Waals surface area contributed by atoms with Gasteiger partial charge < -0.3 is 14.8 Å². The van der Waals surface area contributed by atoms with Crippen molar-refractivity contribution in [3.63, 3.8) is 0 Å². The Bertz CT molecular complexity index is 492. The quantitative estimate of drug-likeness (QED) is 0.881. The summed E-state index contributed by atoms with van der Waals surface area (Å²) >= 11 is 0. The average molecular weight is 262 g/mol. The number of nitriles is 1. The highest BCUT2D eigenvalue weighted by atomic mass is 16.5. The fourth-order valence-corrected chi connectivity index (χ4v) is 1.53. The number of carbonyl (C=O) groups is 1. The van der Waals surface area contributed by atoms with Crippen molar-refractivity contribution in [2.45, 2.75) is 19.9 Å². The van der Waals surface area contributed by atoms with Crippen LogP contribution in [0.2, 0.25) is 0 Å². The summed E-state index contributed by atoms with van der Waals surface area (Å²) in [5, 5.41) is 11.8. The number of nitrogens with zero attached hydrogens (tertiary/aromatic N) is 1. The van der Waals surface area contributed by atoms with Crippen molar-refractivity contribution < 1.29 is 14.3 Å². The van der Waals surface area contributed by atoms with Crippen molar-refractivity contribution in [1.82, 2.24) is 5.32 Å². The Morgan fingerprint density at radius 3 is 2.37 bits per heavy atom. The molecule has 0 saturated carbocycles. The van der Waals surface area contributed by atoms with Gasteiger partial charge in [-0.15, -0.1) is 0 Å². The first-order valence-corrected chi connectivity index (χ1v) is 5.95. The van der Waals surface area contributed by atoms with E-state index in [4.69, 9.17) is 14.7 Å². The van der Waals surface area contributed by atoms with Gasteiger partial charge in [-0.25, -0.2) is 0 Å². The highest BCUT2D eigenvalue weighted by Crippen LogP contribution is 2.29. The highest BCUT2D eigenvalue weighted by molar-refractivity contribution is 5.78. The summed E-state index contributed by atoms with van der Waals surface area (Å²) in [7, 11) is 3.07. The lowest BCUT2D eigenvalue weighted by molar-refractivity contribution is -0.124. The monoisotopic (exact) mass is 262 g/mol. The number of nitrogens with one attached hydrogen (secondary N) is 1. The Labute approximate surface area is 113 Å². The Morgan fingerprint density at radius 1 is 1.26 bits per heavy atom. The first-order chi connectivity index (χ1) is 9.03. The van der Waals surface area contributed by atoms with Crippen LogP contribution in [0.1, 0.15) is 25.5 Å². The molecule has 0 aromatic heterocycles. The van der Waals surface area contributed by atoms with Gasteiger partial charge in [0.25, 0.3) is 0 Å². The van der Waals surface area contributed by atoms with E-state index in [9.17, 15) is 4.79 Å². The van der Waals surface area contributed by atoms with Gasteiger partial charge in [0.1, 0.15) is 6.04 Å². The van der Waals surface area contributed by atoms with E-state index >= 15 is 0 Å². The number of ether oxygens (including phenoxy) is 2. The summed E-state index contributed by atoms with van der Waals surface area (Å²) in [5.41, 5.74) is 0.661. The third-order valence-electron chi connectivity index (χ3n) is 2.68. The van der Waals surface area contributed by atoms with Crippen LogP contribution in [0.15, 0.2) is 18.2 Å². The van der Waals surface area contributed by atoms with Crippen LogP contribution in [0.5, 0.6) is 11.5 Å². The Kier molecular flexibility index (Phi) is 5.19. The molecule has 0 saturated heterocycles. The second kappa shape index (κ2) is 6.64. The fourth-order valence-electron chi connectivity index (χ4n) is 1.53. The molecule has 1 amide bonds. The molecule has 1 rings (SSSR count). The van der Waals surface area contributed by atoms with Crippen LogP contribution in [0, 0.1) is 17.2 Å². The molecule has 1 N–H and O–H groups in total. The maximum atomic E-state index is 11.6. The third kappa shape index (κ3) is 3.62. The van der Waals surface area contributed by atoms with Crippen molar-refractivity contribution >= 4 is 5.91 Å². The van der Waals surface area contributed by atoms with E-state index in [-0.39, 0.29) is 11.8 Å². The van der Waals surface area contributed by atoms with Crippen LogP contribution < -0.4 is 14.8 Å². The van der Waals surface area contributed by atoms with Crippen molar-refractivity contribution in [3.8, 4) is 17.6 Å².